The van der Waals surface area contributed by atoms with Gasteiger partial charge in [0.2, 0.25) is 6.43 Å². The molecule has 1 rings (SSSR count). The van der Waals surface area contributed by atoms with Crippen LogP contribution >= 0.6 is 23.2 Å². The van der Waals surface area contributed by atoms with Crippen LogP contribution in [0.4, 0.5) is 8.78 Å². The molecule has 0 spiro atoms. The third kappa shape index (κ3) is 2.32. The molecule has 0 N–H and O–H groups in total. The Morgan fingerprint density at radius 1 is 1.25 bits per heavy atom. The van der Waals surface area contributed by atoms with Crippen molar-refractivity contribution in [1.82, 2.24) is 0 Å². The van der Waals surface area contributed by atoms with Gasteiger partial charge in [-0.2, -0.15) is 0 Å². The van der Waals surface area contributed by atoms with Crippen molar-refractivity contribution < 1.29 is 8.78 Å². The maximum atomic E-state index is 11.9. The monoisotopic (exact) mass is 210 g/mol. The summed E-state index contributed by atoms with van der Waals surface area (Å²) in [5.41, 5.74) is 0.388. The van der Waals surface area contributed by atoms with E-state index >= 15 is 0 Å². The van der Waals surface area contributed by atoms with Gasteiger partial charge in [0.1, 0.15) is 0 Å². The minimum atomic E-state index is -2.39. The van der Waals surface area contributed by atoms with E-state index < -0.39 is 6.43 Å². The summed E-state index contributed by atoms with van der Waals surface area (Å²) in [4.78, 5) is 0. The Bertz CT molecular complexity index is 274. The van der Waals surface area contributed by atoms with Gasteiger partial charge < -0.3 is 0 Å². The quantitative estimate of drug-likeness (QED) is 0.697. The Balaban J connectivity index is 2.92. The summed E-state index contributed by atoms with van der Waals surface area (Å²) in [6.45, 7) is 0. The van der Waals surface area contributed by atoms with Crippen molar-refractivity contribution in [3.8, 4) is 0 Å². The average Bonchev–Trinajstić information content (AvgIpc) is 1.98. The van der Waals surface area contributed by atoms with E-state index in [0.29, 0.717) is 10.6 Å². The maximum Gasteiger partial charge on any atom is 0.242 e. The molecule has 1 aromatic carbocycles. The van der Waals surface area contributed by atoms with Gasteiger partial charge >= 0.3 is 0 Å². The molecule has 66 valence electrons. The van der Waals surface area contributed by atoms with Crippen LogP contribution in [0.2, 0.25) is 10.0 Å². The molecule has 0 nitrogen and oxygen atoms in total. The lowest BCUT2D eigenvalue weighted by Gasteiger charge is -2.03. The van der Waals surface area contributed by atoms with Crippen molar-refractivity contribution in [2.45, 2.75) is 12.8 Å². The van der Waals surface area contributed by atoms with Crippen LogP contribution < -0.4 is 0 Å². The van der Waals surface area contributed by atoms with E-state index in [1.165, 1.54) is 0 Å². The highest BCUT2D eigenvalue weighted by molar-refractivity contribution is 6.42. The Hall–Kier alpha value is -0.340. The van der Waals surface area contributed by atoms with E-state index in [1.54, 1.807) is 18.2 Å². The Labute approximate surface area is 79.1 Å². The molecule has 0 saturated heterocycles. The van der Waals surface area contributed by atoms with E-state index in [0.717, 1.165) is 0 Å². The summed E-state index contributed by atoms with van der Waals surface area (Å²) in [5, 5.41) is 0.536. The summed E-state index contributed by atoms with van der Waals surface area (Å²) in [6.07, 6.45) is -2.74. The van der Waals surface area contributed by atoms with Gasteiger partial charge in [0.15, 0.2) is 0 Å². The van der Waals surface area contributed by atoms with Gasteiger partial charge in [-0.3, -0.25) is 0 Å². The van der Waals surface area contributed by atoms with Crippen LogP contribution in [0.5, 0.6) is 0 Å². The highest BCUT2D eigenvalue weighted by Crippen LogP contribution is 2.26. The lowest BCUT2D eigenvalue weighted by atomic mass is 10.1. The maximum absolute atomic E-state index is 11.9. The molecule has 0 bridgehead atoms. The van der Waals surface area contributed by atoms with Gasteiger partial charge in [-0.25, -0.2) is 8.78 Å². The van der Waals surface area contributed by atoms with Crippen molar-refractivity contribution in [2.24, 2.45) is 0 Å². The first kappa shape index (κ1) is 9.75. The molecule has 0 aliphatic carbocycles. The van der Waals surface area contributed by atoms with Crippen LogP contribution in [-0.4, -0.2) is 6.43 Å². The average molecular weight is 211 g/mol. The second kappa shape index (κ2) is 4.06. The molecule has 0 saturated carbocycles. The summed E-state index contributed by atoms with van der Waals surface area (Å²) < 4.78 is 23.9. The molecular formula is C8H6Cl2F2. The smallest absolute Gasteiger partial charge is 0.210 e. The van der Waals surface area contributed by atoms with E-state index in [2.05, 4.69) is 0 Å². The SMILES string of the molecule is FC(F)Cc1cccc(Cl)c1Cl. The lowest BCUT2D eigenvalue weighted by Crippen LogP contribution is -1.97. The lowest BCUT2D eigenvalue weighted by molar-refractivity contribution is 0.149. The third-order valence-corrected chi connectivity index (χ3v) is 2.26. The van der Waals surface area contributed by atoms with Crippen LogP contribution in [-0.2, 0) is 6.42 Å². The zero-order valence-electron chi connectivity index (χ0n) is 6.03. The standard InChI is InChI=1S/C8H6Cl2F2/c9-6-3-1-2-5(8(6)10)4-7(11)12/h1-3,7H,4H2. The second-order valence-corrected chi connectivity index (χ2v) is 3.09. The minimum Gasteiger partial charge on any atom is -0.210 e. The highest BCUT2D eigenvalue weighted by Gasteiger charge is 2.09. The summed E-state index contributed by atoms with van der Waals surface area (Å²) >= 11 is 11.3. The van der Waals surface area contributed by atoms with Gasteiger partial charge in [0, 0.05) is 6.42 Å². The van der Waals surface area contributed by atoms with Crippen LogP contribution in [0, 0.1) is 0 Å². The fourth-order valence-electron chi connectivity index (χ4n) is 0.872. The van der Waals surface area contributed by atoms with Gasteiger partial charge in [0.25, 0.3) is 0 Å². The predicted molar refractivity (Wildman–Crippen MR) is 46.2 cm³/mol. The topological polar surface area (TPSA) is 0 Å². The van der Waals surface area contributed by atoms with E-state index in [4.69, 9.17) is 23.2 Å². The molecule has 0 aliphatic heterocycles. The fourth-order valence-corrected chi connectivity index (χ4v) is 1.27. The Kier molecular flexibility index (Phi) is 3.29. The van der Waals surface area contributed by atoms with Gasteiger partial charge in [0.05, 0.1) is 10.0 Å². The number of rotatable bonds is 2. The van der Waals surface area contributed by atoms with Gasteiger partial charge in [-0.15, -0.1) is 0 Å². The third-order valence-electron chi connectivity index (χ3n) is 1.41. The number of halogens is 4. The molecule has 0 fully saturated rings. The van der Waals surface area contributed by atoms with E-state index in [9.17, 15) is 8.78 Å². The molecule has 0 aliphatic rings. The Morgan fingerprint density at radius 3 is 2.50 bits per heavy atom. The molecule has 0 heterocycles. The first-order chi connectivity index (χ1) is 5.61. The molecule has 0 atom stereocenters. The number of hydrogen-bond acceptors (Lipinski definition) is 0. The predicted octanol–water partition coefficient (Wildman–Crippen LogP) is 3.80. The second-order valence-electron chi connectivity index (χ2n) is 2.31. The van der Waals surface area contributed by atoms with Crippen LogP contribution in [0.3, 0.4) is 0 Å². The van der Waals surface area contributed by atoms with Gasteiger partial charge in [-0.05, 0) is 11.6 Å². The molecule has 12 heavy (non-hydrogen) atoms. The number of hydrogen-bond donors (Lipinski definition) is 0. The van der Waals surface area contributed by atoms with E-state index in [-0.39, 0.29) is 11.4 Å². The van der Waals surface area contributed by atoms with E-state index in [1.807, 2.05) is 0 Å². The van der Waals surface area contributed by atoms with Crippen LogP contribution in [0.1, 0.15) is 5.56 Å². The first-order valence-corrected chi connectivity index (χ1v) is 4.08. The normalized spacial score (nSPS) is 10.8. The molecule has 0 aromatic heterocycles. The Morgan fingerprint density at radius 2 is 1.92 bits per heavy atom. The summed E-state index contributed by atoms with van der Waals surface area (Å²) in [7, 11) is 0. The van der Waals surface area contributed by atoms with Crippen molar-refractivity contribution in [2.75, 3.05) is 0 Å². The molecule has 0 unspecified atom stereocenters. The molecule has 0 radical (unpaired) electrons. The summed E-state index contributed by atoms with van der Waals surface area (Å²) in [5.74, 6) is 0. The fraction of sp³-hybridized carbons (Fsp3) is 0.250. The zero-order valence-corrected chi connectivity index (χ0v) is 7.54. The zero-order chi connectivity index (χ0) is 9.14. The molecule has 1 aromatic rings. The van der Waals surface area contributed by atoms with Gasteiger partial charge in [-0.1, -0.05) is 35.3 Å². The summed E-state index contributed by atoms with van der Waals surface area (Å²) in [6, 6.07) is 4.71. The van der Waals surface area contributed by atoms with Crippen molar-refractivity contribution in [3.05, 3.63) is 33.8 Å². The van der Waals surface area contributed by atoms with Crippen LogP contribution in [0.25, 0.3) is 0 Å². The molecule has 4 heteroatoms. The first-order valence-electron chi connectivity index (χ1n) is 3.32. The molecule has 0 amide bonds. The van der Waals surface area contributed by atoms with Crippen molar-refractivity contribution >= 4 is 23.2 Å². The number of benzene rings is 1. The highest BCUT2D eigenvalue weighted by atomic mass is 35.5. The van der Waals surface area contributed by atoms with Crippen molar-refractivity contribution in [1.29, 1.82) is 0 Å². The largest absolute Gasteiger partial charge is 0.242 e. The van der Waals surface area contributed by atoms with Crippen LogP contribution in [0.15, 0.2) is 18.2 Å². The number of alkyl halides is 2. The minimum absolute atomic E-state index is 0.222. The molecular weight excluding hydrogens is 205 g/mol. The van der Waals surface area contributed by atoms with Crippen molar-refractivity contribution in [3.63, 3.8) is 0 Å².